The van der Waals surface area contributed by atoms with E-state index in [-0.39, 0.29) is 5.91 Å². The number of hydrogen-bond donors (Lipinski definition) is 2. The van der Waals surface area contributed by atoms with Crippen molar-refractivity contribution < 1.29 is 4.79 Å². The number of carbonyl (C=O) groups is 1. The molecule has 0 saturated carbocycles. The van der Waals surface area contributed by atoms with E-state index in [1.54, 1.807) is 0 Å². The molecule has 1 aromatic heterocycles. The van der Waals surface area contributed by atoms with E-state index >= 15 is 0 Å². The highest BCUT2D eigenvalue weighted by Gasteiger charge is 2.15. The first kappa shape index (κ1) is 16.9. The molecular formula is C23H26N2O. The minimum Gasteiger partial charge on any atom is -0.358 e. The number of carbonyl (C=O) groups excluding carboxylic acids is 1. The Morgan fingerprint density at radius 2 is 1.85 bits per heavy atom. The molecular weight excluding hydrogens is 320 g/mol. The number of H-pyrrole nitrogens is 1. The zero-order chi connectivity index (χ0) is 17.8. The summed E-state index contributed by atoms with van der Waals surface area (Å²) in [4.78, 5) is 15.7. The van der Waals surface area contributed by atoms with Gasteiger partial charge in [0.25, 0.3) is 0 Å². The van der Waals surface area contributed by atoms with Crippen molar-refractivity contribution in [1.82, 2.24) is 10.3 Å². The molecule has 1 amide bonds. The highest BCUT2D eigenvalue weighted by atomic mass is 16.1. The van der Waals surface area contributed by atoms with Crippen LogP contribution in [0, 0.1) is 0 Å². The number of fused-ring (bicyclic) bond motifs is 3. The van der Waals surface area contributed by atoms with Gasteiger partial charge in [0.05, 0.1) is 0 Å². The maximum atomic E-state index is 12.1. The van der Waals surface area contributed by atoms with Crippen LogP contribution in [0.2, 0.25) is 0 Å². The summed E-state index contributed by atoms with van der Waals surface area (Å²) in [6.07, 6.45) is 7.32. The maximum Gasteiger partial charge on any atom is 0.220 e. The van der Waals surface area contributed by atoms with E-state index in [1.807, 2.05) is 18.2 Å². The number of benzene rings is 2. The Kier molecular flexibility index (Phi) is 5.05. The van der Waals surface area contributed by atoms with Crippen LogP contribution in [-0.4, -0.2) is 10.9 Å². The summed E-state index contributed by atoms with van der Waals surface area (Å²) in [5.74, 6) is 0.136. The fourth-order valence-electron chi connectivity index (χ4n) is 3.95. The quantitative estimate of drug-likeness (QED) is 0.668. The number of rotatable bonds is 6. The molecule has 1 aliphatic rings. The van der Waals surface area contributed by atoms with Gasteiger partial charge in [-0.1, -0.05) is 36.4 Å². The first-order chi connectivity index (χ1) is 12.8. The number of nitrogens with one attached hydrogen (secondary N) is 2. The Labute approximate surface area is 154 Å². The maximum absolute atomic E-state index is 12.1. The molecule has 134 valence electrons. The largest absolute Gasteiger partial charge is 0.358 e. The van der Waals surface area contributed by atoms with Crippen molar-refractivity contribution in [2.45, 2.75) is 51.5 Å². The fourth-order valence-corrected chi connectivity index (χ4v) is 3.95. The Balaban J connectivity index is 1.32. The van der Waals surface area contributed by atoms with Crippen LogP contribution in [0.3, 0.4) is 0 Å². The van der Waals surface area contributed by atoms with Crippen molar-refractivity contribution in [3.63, 3.8) is 0 Å². The highest BCUT2D eigenvalue weighted by molar-refractivity contribution is 5.85. The second kappa shape index (κ2) is 7.77. The zero-order valence-electron chi connectivity index (χ0n) is 15.2. The lowest BCUT2D eigenvalue weighted by Crippen LogP contribution is -2.22. The molecule has 0 aliphatic heterocycles. The summed E-state index contributed by atoms with van der Waals surface area (Å²) in [6, 6.07) is 16.9. The lowest BCUT2D eigenvalue weighted by atomic mass is 9.95. The summed E-state index contributed by atoms with van der Waals surface area (Å²) in [7, 11) is 0. The van der Waals surface area contributed by atoms with Crippen molar-refractivity contribution in [2.24, 2.45) is 0 Å². The van der Waals surface area contributed by atoms with Gasteiger partial charge in [-0.25, -0.2) is 0 Å². The minimum absolute atomic E-state index is 0.136. The highest BCUT2D eigenvalue weighted by Crippen LogP contribution is 2.29. The van der Waals surface area contributed by atoms with Gasteiger partial charge in [-0.2, -0.15) is 0 Å². The second-order valence-corrected chi connectivity index (χ2v) is 7.29. The molecule has 0 saturated heterocycles. The molecule has 3 heteroatoms. The normalized spacial score (nSPS) is 13.5. The molecule has 4 rings (SSSR count). The van der Waals surface area contributed by atoms with E-state index in [9.17, 15) is 4.79 Å². The number of amides is 1. The van der Waals surface area contributed by atoms with Gasteiger partial charge in [-0.05, 0) is 67.3 Å². The number of aromatic nitrogens is 1. The van der Waals surface area contributed by atoms with Crippen LogP contribution in [0.25, 0.3) is 10.9 Å². The molecule has 26 heavy (non-hydrogen) atoms. The van der Waals surface area contributed by atoms with Crippen molar-refractivity contribution in [2.75, 3.05) is 0 Å². The van der Waals surface area contributed by atoms with Crippen LogP contribution in [0.15, 0.2) is 48.5 Å². The Bertz CT molecular complexity index is 895. The van der Waals surface area contributed by atoms with E-state index in [2.05, 4.69) is 40.6 Å². The Hall–Kier alpha value is -2.55. The molecule has 0 fully saturated rings. The number of aromatic amines is 1. The van der Waals surface area contributed by atoms with Crippen LogP contribution in [0.1, 0.15) is 48.1 Å². The van der Waals surface area contributed by atoms with Gasteiger partial charge >= 0.3 is 0 Å². The monoisotopic (exact) mass is 346 g/mol. The lowest BCUT2D eigenvalue weighted by Gasteiger charge is -2.11. The average molecular weight is 346 g/mol. The predicted molar refractivity (Wildman–Crippen MR) is 106 cm³/mol. The number of aryl methyl sites for hydroxylation is 3. The van der Waals surface area contributed by atoms with Crippen molar-refractivity contribution in [3.8, 4) is 0 Å². The van der Waals surface area contributed by atoms with Gasteiger partial charge < -0.3 is 10.3 Å². The Morgan fingerprint density at radius 1 is 1.00 bits per heavy atom. The van der Waals surface area contributed by atoms with Crippen LogP contribution in [0.5, 0.6) is 0 Å². The van der Waals surface area contributed by atoms with Crippen molar-refractivity contribution in [3.05, 3.63) is 70.9 Å². The fraction of sp³-hybridized carbons (Fsp3) is 0.348. The van der Waals surface area contributed by atoms with Crippen LogP contribution >= 0.6 is 0 Å². The van der Waals surface area contributed by atoms with E-state index in [4.69, 9.17) is 0 Å². The van der Waals surface area contributed by atoms with Gasteiger partial charge in [0.1, 0.15) is 0 Å². The smallest absolute Gasteiger partial charge is 0.220 e. The van der Waals surface area contributed by atoms with Crippen LogP contribution in [-0.2, 0) is 30.6 Å². The van der Waals surface area contributed by atoms with Crippen molar-refractivity contribution >= 4 is 16.8 Å². The lowest BCUT2D eigenvalue weighted by molar-refractivity contribution is -0.121. The third kappa shape index (κ3) is 3.82. The molecule has 0 unspecified atom stereocenters. The van der Waals surface area contributed by atoms with E-state index in [0.29, 0.717) is 13.0 Å². The van der Waals surface area contributed by atoms with Gasteiger partial charge in [-0.3, -0.25) is 4.79 Å². The van der Waals surface area contributed by atoms with Crippen LogP contribution < -0.4 is 5.32 Å². The van der Waals surface area contributed by atoms with Crippen molar-refractivity contribution in [1.29, 1.82) is 0 Å². The second-order valence-electron chi connectivity index (χ2n) is 7.29. The number of hydrogen-bond acceptors (Lipinski definition) is 1. The van der Waals surface area contributed by atoms with E-state index in [1.165, 1.54) is 52.5 Å². The molecule has 0 atom stereocenters. The molecule has 3 nitrogen and oxygen atoms in total. The van der Waals surface area contributed by atoms with Gasteiger partial charge in [0.2, 0.25) is 5.91 Å². The molecule has 0 spiro atoms. The summed E-state index contributed by atoms with van der Waals surface area (Å²) in [5.41, 5.74) is 6.61. The molecule has 2 aromatic carbocycles. The summed E-state index contributed by atoms with van der Waals surface area (Å²) >= 11 is 0. The van der Waals surface area contributed by atoms with Gasteiger partial charge in [0.15, 0.2) is 0 Å². The molecule has 0 radical (unpaired) electrons. The summed E-state index contributed by atoms with van der Waals surface area (Å²) in [5, 5.41) is 4.42. The first-order valence-corrected chi connectivity index (χ1v) is 9.72. The van der Waals surface area contributed by atoms with E-state index in [0.717, 1.165) is 19.3 Å². The third-order valence-electron chi connectivity index (χ3n) is 5.36. The molecule has 0 bridgehead atoms. The van der Waals surface area contributed by atoms with E-state index < -0.39 is 0 Å². The third-order valence-corrected chi connectivity index (χ3v) is 5.36. The Morgan fingerprint density at radius 3 is 2.73 bits per heavy atom. The summed E-state index contributed by atoms with van der Waals surface area (Å²) in [6.45, 7) is 0.611. The topological polar surface area (TPSA) is 44.9 Å². The molecule has 3 aromatic rings. The SMILES string of the molecule is O=C(CCCc1ccccc1)NCc1ccc2[nH]c3c(c2c1)CCCC3. The molecule has 1 heterocycles. The van der Waals surface area contributed by atoms with Gasteiger partial charge in [-0.15, -0.1) is 0 Å². The zero-order valence-corrected chi connectivity index (χ0v) is 15.2. The average Bonchev–Trinajstić information content (AvgIpc) is 3.05. The molecule has 2 N–H and O–H groups in total. The summed E-state index contributed by atoms with van der Waals surface area (Å²) < 4.78 is 0. The molecule has 1 aliphatic carbocycles. The predicted octanol–water partition coefficient (Wildman–Crippen LogP) is 4.69. The first-order valence-electron chi connectivity index (χ1n) is 9.72. The van der Waals surface area contributed by atoms with Gasteiger partial charge in [0, 0.05) is 29.6 Å². The minimum atomic E-state index is 0.136. The van der Waals surface area contributed by atoms with Crippen LogP contribution in [0.4, 0.5) is 0 Å². The standard InChI is InChI=1S/C23H26N2O/c26-23(12-6-9-17-7-2-1-3-8-17)24-16-18-13-14-22-20(15-18)19-10-4-5-11-21(19)25-22/h1-3,7-8,13-15,25H,4-6,9-12,16H2,(H,24,26).